The molecule has 2 aromatic rings. The van der Waals surface area contributed by atoms with E-state index in [2.05, 4.69) is 15.6 Å². The molecule has 1 aliphatic heterocycles. The third-order valence-electron chi connectivity index (χ3n) is 4.35. The van der Waals surface area contributed by atoms with E-state index in [1.54, 1.807) is 30.3 Å². The van der Waals surface area contributed by atoms with Crippen LogP contribution in [0.3, 0.4) is 0 Å². The summed E-state index contributed by atoms with van der Waals surface area (Å²) in [4.78, 5) is 42.0. The van der Waals surface area contributed by atoms with Gasteiger partial charge in [0.1, 0.15) is 5.69 Å². The predicted octanol–water partition coefficient (Wildman–Crippen LogP) is 2.92. The van der Waals surface area contributed by atoms with Gasteiger partial charge in [0.2, 0.25) is 5.91 Å². The minimum absolute atomic E-state index is 0.0641. The molecule has 1 fully saturated rings. The number of nitrogens with one attached hydrogen (secondary N) is 2. The number of piperidine rings is 1. The number of anilines is 2. The lowest BCUT2D eigenvalue weighted by atomic mass is 10.1. The smallest absolute Gasteiger partial charge is 0.274 e. The van der Waals surface area contributed by atoms with Crippen LogP contribution in [-0.4, -0.2) is 40.7 Å². The van der Waals surface area contributed by atoms with Crippen LogP contribution in [0.4, 0.5) is 11.4 Å². The van der Waals surface area contributed by atoms with Crippen LogP contribution in [0.1, 0.15) is 47.0 Å². The van der Waals surface area contributed by atoms with Crippen molar-refractivity contribution in [2.24, 2.45) is 0 Å². The topological polar surface area (TPSA) is 91.4 Å². The first-order chi connectivity index (χ1) is 13.0. The number of benzene rings is 1. The maximum absolute atomic E-state index is 12.6. The Morgan fingerprint density at radius 2 is 1.56 bits per heavy atom. The number of carbonyl (C=O) groups excluding carboxylic acids is 3. The van der Waals surface area contributed by atoms with Crippen molar-refractivity contribution < 1.29 is 14.4 Å². The largest absolute Gasteiger partial charge is 0.339 e. The maximum atomic E-state index is 12.6. The molecule has 0 atom stereocenters. The van der Waals surface area contributed by atoms with Crippen LogP contribution in [0.5, 0.6) is 0 Å². The van der Waals surface area contributed by atoms with Crippen LogP contribution in [0.2, 0.25) is 0 Å². The van der Waals surface area contributed by atoms with Crippen LogP contribution < -0.4 is 10.6 Å². The Bertz CT molecular complexity index is 843. The minimum Gasteiger partial charge on any atom is -0.339 e. The zero-order valence-electron chi connectivity index (χ0n) is 15.2. The van der Waals surface area contributed by atoms with Crippen molar-refractivity contribution in [3.63, 3.8) is 0 Å². The summed E-state index contributed by atoms with van der Waals surface area (Å²) in [5.74, 6) is -0.618. The standard InChI is InChI=1S/C20H22N4O3/c1-14(25)22-16-5-7-17(8-6-16)23-19(26)18-13-15(9-10-21-18)20(27)24-11-3-2-4-12-24/h5-10,13H,2-4,11-12H2,1H3,(H,22,25)(H,23,26). The van der Waals surface area contributed by atoms with Crippen LogP contribution >= 0.6 is 0 Å². The van der Waals surface area contributed by atoms with Crippen molar-refractivity contribution in [1.82, 2.24) is 9.88 Å². The summed E-state index contributed by atoms with van der Waals surface area (Å²) in [5, 5.41) is 5.41. The molecule has 0 radical (unpaired) electrons. The van der Waals surface area contributed by atoms with Crippen molar-refractivity contribution in [3.8, 4) is 0 Å². The van der Waals surface area contributed by atoms with Gasteiger partial charge in [-0.05, 0) is 55.7 Å². The van der Waals surface area contributed by atoms with Crippen LogP contribution in [0, 0.1) is 0 Å². The molecule has 1 saturated heterocycles. The van der Waals surface area contributed by atoms with E-state index in [4.69, 9.17) is 0 Å². The molecule has 1 aliphatic rings. The lowest BCUT2D eigenvalue weighted by Crippen LogP contribution is -2.35. The lowest BCUT2D eigenvalue weighted by Gasteiger charge is -2.26. The number of likely N-dealkylation sites (tertiary alicyclic amines) is 1. The average molecular weight is 366 g/mol. The number of pyridine rings is 1. The van der Waals surface area contributed by atoms with Crippen molar-refractivity contribution in [3.05, 3.63) is 53.9 Å². The number of nitrogens with zero attached hydrogens (tertiary/aromatic N) is 2. The number of hydrogen-bond acceptors (Lipinski definition) is 4. The number of amides is 3. The second-order valence-corrected chi connectivity index (χ2v) is 6.50. The number of aromatic nitrogens is 1. The Hall–Kier alpha value is -3.22. The summed E-state index contributed by atoms with van der Waals surface area (Å²) in [6.45, 7) is 2.94. The molecule has 27 heavy (non-hydrogen) atoms. The molecule has 0 unspecified atom stereocenters. The predicted molar refractivity (Wildman–Crippen MR) is 103 cm³/mol. The number of hydrogen-bond donors (Lipinski definition) is 2. The first-order valence-corrected chi connectivity index (χ1v) is 8.97. The normalized spacial score (nSPS) is 13.7. The van der Waals surface area contributed by atoms with Crippen molar-refractivity contribution >= 4 is 29.1 Å². The fourth-order valence-electron chi connectivity index (χ4n) is 3.00. The fourth-order valence-corrected chi connectivity index (χ4v) is 3.00. The summed E-state index contributed by atoms with van der Waals surface area (Å²) >= 11 is 0. The average Bonchev–Trinajstić information content (AvgIpc) is 2.69. The zero-order chi connectivity index (χ0) is 19.2. The van der Waals surface area contributed by atoms with Gasteiger partial charge in [0.15, 0.2) is 0 Å². The van der Waals surface area contributed by atoms with E-state index in [1.807, 2.05) is 4.90 Å². The summed E-state index contributed by atoms with van der Waals surface area (Å²) in [7, 11) is 0. The highest BCUT2D eigenvalue weighted by molar-refractivity contribution is 6.05. The van der Waals surface area contributed by atoms with Gasteiger partial charge in [0.05, 0.1) is 0 Å². The molecule has 0 spiro atoms. The maximum Gasteiger partial charge on any atom is 0.274 e. The van der Waals surface area contributed by atoms with E-state index in [0.717, 1.165) is 32.4 Å². The molecular formula is C20H22N4O3. The van der Waals surface area contributed by atoms with Crippen LogP contribution in [0.15, 0.2) is 42.6 Å². The van der Waals surface area contributed by atoms with Gasteiger partial charge in [-0.25, -0.2) is 0 Å². The monoisotopic (exact) mass is 366 g/mol. The Balaban J connectivity index is 1.68. The Labute approximate surface area is 157 Å². The molecule has 7 heteroatoms. The first-order valence-electron chi connectivity index (χ1n) is 8.97. The molecule has 1 aromatic carbocycles. The van der Waals surface area contributed by atoms with Crippen molar-refractivity contribution in [2.75, 3.05) is 23.7 Å². The van der Waals surface area contributed by atoms with Crippen molar-refractivity contribution in [2.45, 2.75) is 26.2 Å². The third-order valence-corrected chi connectivity index (χ3v) is 4.35. The second kappa shape index (κ2) is 8.44. The quantitative estimate of drug-likeness (QED) is 0.870. The van der Waals surface area contributed by atoms with Gasteiger partial charge in [0.25, 0.3) is 11.8 Å². The summed E-state index contributed by atoms with van der Waals surface area (Å²) in [6.07, 6.45) is 4.65. The second-order valence-electron chi connectivity index (χ2n) is 6.50. The highest BCUT2D eigenvalue weighted by Gasteiger charge is 2.19. The van der Waals surface area contributed by atoms with Gasteiger partial charge >= 0.3 is 0 Å². The summed E-state index contributed by atoms with van der Waals surface area (Å²) in [5.41, 5.74) is 1.87. The third kappa shape index (κ3) is 4.91. The van der Waals surface area contributed by atoms with Gasteiger partial charge in [-0.3, -0.25) is 19.4 Å². The van der Waals surface area contributed by atoms with Gasteiger partial charge in [-0.15, -0.1) is 0 Å². The van der Waals surface area contributed by atoms with E-state index in [0.29, 0.717) is 16.9 Å². The van der Waals surface area contributed by atoms with Crippen LogP contribution in [0.25, 0.3) is 0 Å². The van der Waals surface area contributed by atoms with Crippen LogP contribution in [-0.2, 0) is 4.79 Å². The molecular weight excluding hydrogens is 344 g/mol. The number of carbonyl (C=O) groups is 3. The Kier molecular flexibility index (Phi) is 5.80. The minimum atomic E-state index is -0.393. The molecule has 2 N–H and O–H groups in total. The Morgan fingerprint density at radius 3 is 2.19 bits per heavy atom. The first kappa shape index (κ1) is 18.6. The lowest BCUT2D eigenvalue weighted by molar-refractivity contribution is -0.114. The van der Waals surface area contributed by atoms with E-state index in [-0.39, 0.29) is 17.5 Å². The highest BCUT2D eigenvalue weighted by atomic mass is 16.2. The van der Waals surface area contributed by atoms with E-state index >= 15 is 0 Å². The number of rotatable bonds is 4. The molecule has 140 valence electrons. The van der Waals surface area contributed by atoms with E-state index < -0.39 is 5.91 Å². The summed E-state index contributed by atoms with van der Waals surface area (Å²) < 4.78 is 0. The Morgan fingerprint density at radius 1 is 0.926 bits per heavy atom. The van der Waals surface area contributed by atoms with Crippen molar-refractivity contribution in [1.29, 1.82) is 0 Å². The van der Waals surface area contributed by atoms with Gasteiger partial charge in [-0.1, -0.05) is 0 Å². The summed E-state index contributed by atoms with van der Waals surface area (Å²) in [6, 6.07) is 9.92. The van der Waals surface area contributed by atoms with Gasteiger partial charge in [0, 0.05) is 43.1 Å². The fraction of sp³-hybridized carbons (Fsp3) is 0.300. The SMILES string of the molecule is CC(=O)Nc1ccc(NC(=O)c2cc(C(=O)N3CCCCC3)ccn2)cc1. The molecule has 3 amide bonds. The molecule has 3 rings (SSSR count). The molecule has 0 bridgehead atoms. The van der Waals surface area contributed by atoms with Gasteiger partial charge in [-0.2, -0.15) is 0 Å². The molecule has 0 aliphatic carbocycles. The molecule has 2 heterocycles. The van der Waals surface area contributed by atoms with E-state index in [1.165, 1.54) is 19.2 Å². The van der Waals surface area contributed by atoms with Gasteiger partial charge < -0.3 is 15.5 Å². The molecule has 0 saturated carbocycles. The zero-order valence-corrected chi connectivity index (χ0v) is 15.2. The molecule has 1 aromatic heterocycles. The van der Waals surface area contributed by atoms with E-state index in [9.17, 15) is 14.4 Å². The highest BCUT2D eigenvalue weighted by Crippen LogP contribution is 2.16. The molecule has 7 nitrogen and oxygen atoms in total.